The summed E-state index contributed by atoms with van der Waals surface area (Å²) in [7, 11) is 1.76. The van der Waals surface area contributed by atoms with Crippen LogP contribution in [0.5, 0.6) is 0 Å². The molecule has 0 unspecified atom stereocenters. The Morgan fingerprint density at radius 2 is 1.81 bits per heavy atom. The van der Waals surface area contributed by atoms with Gasteiger partial charge in [0.1, 0.15) is 6.61 Å². The van der Waals surface area contributed by atoms with Crippen LogP contribution in [0.1, 0.15) is 25.8 Å². The third-order valence-corrected chi connectivity index (χ3v) is 3.37. The number of hydrogen-bond donors (Lipinski definition) is 2. The fraction of sp³-hybridized carbons (Fsp3) is 0.421. The van der Waals surface area contributed by atoms with E-state index in [0.29, 0.717) is 12.2 Å². The van der Waals surface area contributed by atoms with Gasteiger partial charge in [0, 0.05) is 31.8 Å². The van der Waals surface area contributed by atoms with Crippen LogP contribution >= 0.6 is 0 Å². The van der Waals surface area contributed by atoms with Crippen LogP contribution in [0, 0.1) is 0 Å². The monoisotopic (exact) mass is 445 g/mol. The summed E-state index contributed by atoms with van der Waals surface area (Å²) in [4.78, 5) is 34.9. The Labute approximate surface area is 209 Å². The summed E-state index contributed by atoms with van der Waals surface area (Å²) in [5.74, 6) is -0.728. The Kier molecular flexibility index (Phi) is 14.6. The molecule has 8 heteroatoms. The Morgan fingerprint density at radius 3 is 2.41 bits per heavy atom. The summed E-state index contributed by atoms with van der Waals surface area (Å²) in [6.45, 7) is 3.93. The number of ketones is 1. The predicted molar refractivity (Wildman–Crippen MR) is 100 cm³/mol. The molecule has 27 heavy (non-hydrogen) atoms. The molecule has 2 amide bonds. The van der Waals surface area contributed by atoms with Gasteiger partial charge in [-0.15, -0.1) is 5.69 Å². The van der Waals surface area contributed by atoms with Crippen LogP contribution in [0.2, 0.25) is 0 Å². The molecule has 1 aromatic carbocycles. The number of carbonyl (C=O) groups is 3. The molecule has 0 aromatic heterocycles. The number of ether oxygens (including phenoxy) is 1. The van der Waals surface area contributed by atoms with Crippen molar-refractivity contribution in [1.82, 2.24) is 10.6 Å². The van der Waals surface area contributed by atoms with Crippen LogP contribution in [0.3, 0.4) is 0 Å². The van der Waals surface area contributed by atoms with Crippen molar-refractivity contribution in [2.75, 3.05) is 26.8 Å². The topological polar surface area (TPSA) is 98.6 Å². The molecule has 0 heterocycles. The maximum Gasteiger partial charge on any atom is 1.00 e. The zero-order valence-electron chi connectivity index (χ0n) is 16.5. The Hall–Kier alpha value is -0.865. The second-order valence-corrected chi connectivity index (χ2v) is 5.74. The van der Waals surface area contributed by atoms with Gasteiger partial charge in [0.05, 0.1) is 12.5 Å². The number of nitrogens with zero attached hydrogens (tertiary/aromatic N) is 1. The number of hydrogen-bond acceptors (Lipinski definition) is 5. The summed E-state index contributed by atoms with van der Waals surface area (Å²) < 4.78 is 5.04. The normalized spacial score (nSPS) is 10.6. The first-order valence-corrected chi connectivity index (χ1v) is 8.51. The summed E-state index contributed by atoms with van der Waals surface area (Å²) in [6, 6.07) is 6.85. The van der Waals surface area contributed by atoms with E-state index in [1.807, 2.05) is 13.8 Å². The minimum Gasteiger partial charge on any atom is -0.625 e. The third-order valence-electron chi connectivity index (χ3n) is 3.37. The van der Waals surface area contributed by atoms with Crippen molar-refractivity contribution >= 4 is 23.3 Å². The average Bonchev–Trinajstić information content (AvgIpc) is 2.61. The van der Waals surface area contributed by atoms with Crippen LogP contribution in [0.15, 0.2) is 36.0 Å². The van der Waals surface area contributed by atoms with Gasteiger partial charge in [0.2, 0.25) is 5.91 Å². The van der Waals surface area contributed by atoms with Crippen LogP contribution in [-0.4, -0.2) is 44.4 Å². The van der Waals surface area contributed by atoms with Gasteiger partial charge in [-0.3, -0.25) is 9.59 Å². The van der Waals surface area contributed by atoms with Crippen molar-refractivity contribution in [3.05, 3.63) is 46.9 Å². The molecule has 0 saturated carbocycles. The number of rotatable bonds is 11. The largest absolute Gasteiger partial charge is 1.00 e. The zero-order valence-corrected chi connectivity index (χ0v) is 21.4. The van der Waals surface area contributed by atoms with Crippen LogP contribution in [0.4, 0.5) is 5.69 Å². The van der Waals surface area contributed by atoms with Gasteiger partial charge in [-0.1, -0.05) is 31.2 Å². The van der Waals surface area contributed by atoms with E-state index < -0.39 is 5.91 Å². The first-order chi connectivity index (χ1) is 12.4. The summed E-state index contributed by atoms with van der Waals surface area (Å²) >= 11 is 0. The van der Waals surface area contributed by atoms with Gasteiger partial charge < -0.3 is 25.5 Å². The van der Waals surface area contributed by atoms with E-state index in [1.165, 1.54) is 0 Å². The van der Waals surface area contributed by atoms with E-state index in [-0.39, 0.29) is 89.5 Å². The number of amides is 2. The van der Waals surface area contributed by atoms with Crippen LogP contribution in [0.25, 0.3) is 5.32 Å². The number of carbonyl (C=O) groups excluding carboxylic acids is 3. The molecule has 2 N–H and O–H groups in total. The smallest absolute Gasteiger partial charge is 0.625 e. The maximum absolute atomic E-state index is 11.8. The third kappa shape index (κ3) is 12.3. The van der Waals surface area contributed by atoms with Gasteiger partial charge in [-0.05, 0) is 18.9 Å². The van der Waals surface area contributed by atoms with E-state index in [9.17, 15) is 14.4 Å². The minimum absolute atomic E-state index is 0. The fourth-order valence-electron chi connectivity index (χ4n) is 1.98. The molecule has 0 spiro atoms. The molecule has 0 aliphatic rings. The van der Waals surface area contributed by atoms with Crippen molar-refractivity contribution in [3.8, 4) is 0 Å². The minimum atomic E-state index is -0.468. The van der Waals surface area contributed by atoms with Gasteiger partial charge in [-0.2, -0.15) is 0 Å². The fourth-order valence-corrected chi connectivity index (χ4v) is 1.98. The van der Waals surface area contributed by atoms with Gasteiger partial charge in [-0.25, -0.2) is 0 Å². The first kappa shape index (κ1) is 26.1. The van der Waals surface area contributed by atoms with Crippen LogP contribution < -0.4 is 68.8 Å². The van der Waals surface area contributed by atoms with E-state index in [0.717, 1.165) is 17.7 Å². The molecule has 7 nitrogen and oxygen atoms in total. The van der Waals surface area contributed by atoms with Crippen LogP contribution in [-0.2, 0) is 25.5 Å². The number of benzene rings is 1. The molecule has 0 radical (unpaired) electrons. The Morgan fingerprint density at radius 1 is 1.15 bits per heavy atom. The number of nitrogens with one attached hydrogen (secondary N) is 2. The maximum atomic E-state index is 11.8. The molecule has 1 aromatic rings. The summed E-state index contributed by atoms with van der Waals surface area (Å²) in [5, 5.41) is 9.45. The first-order valence-electron chi connectivity index (χ1n) is 8.51. The Balaban J connectivity index is 0.00000676. The molecule has 1 rings (SSSR count). The summed E-state index contributed by atoms with van der Waals surface area (Å²) in [6.07, 6.45) is 2.67. The summed E-state index contributed by atoms with van der Waals surface area (Å²) in [5.41, 5.74) is 2.12. The standard InChI is InChI=1S/C19H27N3O4.Rb/c1-4-9-21-18(24)12-26-13-19(25)22-16-7-5-15(6-8-16)11-17(23)10-14(2)20-3;/h5-8,10H,4,9,11-13H2,1-3H3,(H3,20,21,22,23,24,25);/q;+1/p-1. The number of allylic oxidation sites excluding steroid dienone is 2. The quantitative estimate of drug-likeness (QED) is 0.426. The molecule has 0 atom stereocenters. The van der Waals surface area contributed by atoms with Crippen molar-refractivity contribution in [2.24, 2.45) is 0 Å². The second kappa shape index (κ2) is 15.1. The zero-order chi connectivity index (χ0) is 19.4. The molecule has 0 bridgehead atoms. The molecular weight excluding hydrogens is 420 g/mol. The van der Waals surface area contributed by atoms with Crippen molar-refractivity contribution in [3.63, 3.8) is 0 Å². The van der Waals surface area contributed by atoms with Gasteiger partial charge in [0.25, 0.3) is 0 Å². The van der Waals surface area contributed by atoms with Crippen molar-refractivity contribution in [1.29, 1.82) is 0 Å². The van der Waals surface area contributed by atoms with Gasteiger partial charge in [0.15, 0.2) is 5.78 Å². The van der Waals surface area contributed by atoms with Crippen molar-refractivity contribution < 1.29 is 77.3 Å². The van der Waals surface area contributed by atoms with Gasteiger partial charge >= 0.3 is 58.2 Å². The van der Waals surface area contributed by atoms with E-state index >= 15 is 0 Å². The molecule has 142 valence electrons. The van der Waals surface area contributed by atoms with E-state index in [1.54, 1.807) is 37.4 Å². The SMILES string of the molecule is CCCNC(=O)COCC(=O)[N-]c1ccc(CC(=O)/C=C(/C)NC)cc1.[Rb+]. The second-order valence-electron chi connectivity index (χ2n) is 5.74. The Bertz CT molecular complexity index is 645. The molecule has 0 aliphatic heterocycles. The molecule has 0 aliphatic carbocycles. The molecule has 0 saturated heterocycles. The van der Waals surface area contributed by atoms with E-state index in [2.05, 4.69) is 16.0 Å². The predicted octanol–water partition coefficient (Wildman–Crippen LogP) is -1.000. The van der Waals surface area contributed by atoms with E-state index in [4.69, 9.17) is 4.74 Å². The molecule has 0 fully saturated rings. The average molecular weight is 446 g/mol. The van der Waals surface area contributed by atoms with Crippen molar-refractivity contribution in [2.45, 2.75) is 26.7 Å². The molecular formula is C19H26N3O4Rb.